The molecule has 0 saturated carbocycles. The summed E-state index contributed by atoms with van der Waals surface area (Å²) in [6.45, 7) is 1.42. The number of carbonyl (C=O) groups is 2. The first-order valence-corrected chi connectivity index (χ1v) is 6.28. The van der Waals surface area contributed by atoms with Crippen LogP contribution < -0.4 is 10.2 Å². The Morgan fingerprint density at radius 3 is 2.55 bits per heavy atom. The molecule has 0 fully saturated rings. The molecule has 0 aliphatic carbocycles. The smallest absolute Gasteiger partial charge is 0.323 e. The predicted molar refractivity (Wildman–Crippen MR) is 77.7 cm³/mol. The normalized spacial score (nSPS) is 11.2. The fraction of sp³-hybridized carbons (Fsp3) is 0.286. The summed E-state index contributed by atoms with van der Waals surface area (Å²) in [7, 11) is 0. The SMILES string of the molecule is C#CCNC(=O)C(C)N(CC(=O)O)c1ccc(Cl)cc1. The Bertz CT molecular complexity index is 522. The van der Waals surface area contributed by atoms with E-state index in [1.54, 1.807) is 31.2 Å². The molecule has 1 amide bonds. The molecule has 2 N–H and O–H groups in total. The van der Waals surface area contributed by atoms with Gasteiger partial charge < -0.3 is 15.3 Å². The lowest BCUT2D eigenvalue weighted by molar-refractivity contribution is -0.135. The molecular weight excluding hydrogens is 280 g/mol. The molecule has 1 atom stereocenters. The van der Waals surface area contributed by atoms with Crippen LogP contribution in [0.3, 0.4) is 0 Å². The van der Waals surface area contributed by atoms with Gasteiger partial charge in [0, 0.05) is 10.7 Å². The maximum atomic E-state index is 11.9. The molecule has 0 heterocycles. The van der Waals surface area contributed by atoms with Gasteiger partial charge in [-0.05, 0) is 31.2 Å². The number of hydrogen-bond acceptors (Lipinski definition) is 3. The van der Waals surface area contributed by atoms with Crippen molar-refractivity contribution >= 4 is 29.2 Å². The molecule has 0 aliphatic heterocycles. The van der Waals surface area contributed by atoms with Crippen LogP contribution in [0.25, 0.3) is 0 Å². The van der Waals surface area contributed by atoms with E-state index < -0.39 is 12.0 Å². The van der Waals surface area contributed by atoms with Crippen LogP contribution >= 0.6 is 11.6 Å². The Morgan fingerprint density at radius 1 is 1.45 bits per heavy atom. The highest BCUT2D eigenvalue weighted by Gasteiger charge is 2.23. The highest BCUT2D eigenvalue weighted by Crippen LogP contribution is 2.20. The van der Waals surface area contributed by atoms with Crippen molar-refractivity contribution in [3.05, 3.63) is 29.3 Å². The fourth-order valence-corrected chi connectivity index (χ4v) is 1.78. The number of carbonyl (C=O) groups excluding carboxylic acids is 1. The van der Waals surface area contributed by atoms with Crippen molar-refractivity contribution < 1.29 is 14.7 Å². The molecule has 0 bridgehead atoms. The standard InChI is InChI=1S/C14H15ClN2O3/c1-3-8-16-14(20)10(2)17(9-13(18)19)12-6-4-11(15)5-7-12/h1,4-7,10H,8-9H2,2H3,(H,16,20)(H,18,19). The van der Waals surface area contributed by atoms with Crippen molar-refractivity contribution in [2.75, 3.05) is 18.0 Å². The largest absolute Gasteiger partial charge is 0.480 e. The van der Waals surface area contributed by atoms with Crippen LogP contribution in [0.2, 0.25) is 5.02 Å². The summed E-state index contributed by atoms with van der Waals surface area (Å²) >= 11 is 5.80. The van der Waals surface area contributed by atoms with E-state index in [0.29, 0.717) is 10.7 Å². The molecule has 1 rings (SSSR count). The van der Waals surface area contributed by atoms with Crippen molar-refractivity contribution in [2.45, 2.75) is 13.0 Å². The number of halogens is 1. The molecule has 0 saturated heterocycles. The van der Waals surface area contributed by atoms with Crippen molar-refractivity contribution in [1.82, 2.24) is 5.32 Å². The topological polar surface area (TPSA) is 69.6 Å². The van der Waals surface area contributed by atoms with Gasteiger partial charge in [0.05, 0.1) is 6.54 Å². The average molecular weight is 295 g/mol. The molecule has 5 nitrogen and oxygen atoms in total. The first kappa shape index (κ1) is 15.9. The van der Waals surface area contributed by atoms with Crippen molar-refractivity contribution in [1.29, 1.82) is 0 Å². The Balaban J connectivity index is 2.94. The predicted octanol–water partition coefficient (Wildman–Crippen LogP) is 1.37. The quantitative estimate of drug-likeness (QED) is 0.778. The molecule has 0 aliphatic rings. The number of aliphatic carboxylic acids is 1. The van der Waals surface area contributed by atoms with E-state index >= 15 is 0 Å². The molecular formula is C14H15ClN2O3. The number of amides is 1. The fourth-order valence-electron chi connectivity index (χ4n) is 1.66. The summed E-state index contributed by atoms with van der Waals surface area (Å²) in [6.07, 6.45) is 5.07. The van der Waals surface area contributed by atoms with Crippen LogP contribution in [0.4, 0.5) is 5.69 Å². The number of anilines is 1. The summed E-state index contributed by atoms with van der Waals surface area (Å²) < 4.78 is 0. The summed E-state index contributed by atoms with van der Waals surface area (Å²) in [5.74, 6) is 0.931. The summed E-state index contributed by atoms with van der Waals surface area (Å²) in [6, 6.07) is 5.93. The summed E-state index contributed by atoms with van der Waals surface area (Å²) in [5.41, 5.74) is 0.597. The van der Waals surface area contributed by atoms with Gasteiger partial charge in [0.2, 0.25) is 5.91 Å². The minimum Gasteiger partial charge on any atom is -0.480 e. The van der Waals surface area contributed by atoms with Gasteiger partial charge in [-0.25, -0.2) is 0 Å². The molecule has 1 aromatic carbocycles. The molecule has 1 aromatic rings. The third-order valence-corrected chi connectivity index (χ3v) is 2.93. The van der Waals surface area contributed by atoms with E-state index in [4.69, 9.17) is 23.1 Å². The molecule has 106 valence electrons. The zero-order valence-corrected chi connectivity index (χ0v) is 11.7. The highest BCUT2D eigenvalue weighted by molar-refractivity contribution is 6.30. The van der Waals surface area contributed by atoms with Crippen LogP contribution in [0.5, 0.6) is 0 Å². The Morgan fingerprint density at radius 2 is 2.05 bits per heavy atom. The number of rotatable bonds is 6. The summed E-state index contributed by atoms with van der Waals surface area (Å²) in [5, 5.41) is 12.0. The second kappa shape index (κ2) is 7.41. The minimum absolute atomic E-state index is 0.102. The summed E-state index contributed by atoms with van der Waals surface area (Å²) in [4.78, 5) is 24.3. The minimum atomic E-state index is -1.03. The Kier molecular flexibility index (Phi) is 5.88. The zero-order chi connectivity index (χ0) is 15.1. The third-order valence-electron chi connectivity index (χ3n) is 2.68. The van der Waals surface area contributed by atoms with Gasteiger partial charge in [0.15, 0.2) is 0 Å². The van der Waals surface area contributed by atoms with Crippen molar-refractivity contribution in [3.63, 3.8) is 0 Å². The van der Waals surface area contributed by atoms with Gasteiger partial charge in [-0.1, -0.05) is 17.5 Å². The van der Waals surface area contributed by atoms with E-state index in [2.05, 4.69) is 11.2 Å². The zero-order valence-electron chi connectivity index (χ0n) is 11.0. The van der Waals surface area contributed by atoms with E-state index in [-0.39, 0.29) is 19.0 Å². The van der Waals surface area contributed by atoms with Gasteiger partial charge in [-0.3, -0.25) is 9.59 Å². The maximum absolute atomic E-state index is 11.9. The molecule has 1 unspecified atom stereocenters. The molecule has 20 heavy (non-hydrogen) atoms. The highest BCUT2D eigenvalue weighted by atomic mass is 35.5. The van der Waals surface area contributed by atoms with Crippen LogP contribution in [0.1, 0.15) is 6.92 Å². The maximum Gasteiger partial charge on any atom is 0.323 e. The average Bonchev–Trinajstić information content (AvgIpc) is 2.42. The second-order valence-electron chi connectivity index (χ2n) is 4.10. The lowest BCUT2D eigenvalue weighted by Crippen LogP contribution is -2.47. The van der Waals surface area contributed by atoms with Gasteiger partial charge in [-0.2, -0.15) is 0 Å². The molecule has 6 heteroatoms. The van der Waals surface area contributed by atoms with Crippen molar-refractivity contribution in [2.24, 2.45) is 0 Å². The van der Waals surface area contributed by atoms with Crippen molar-refractivity contribution in [3.8, 4) is 12.3 Å². The second-order valence-corrected chi connectivity index (χ2v) is 4.53. The van der Waals surface area contributed by atoms with Gasteiger partial charge in [-0.15, -0.1) is 6.42 Å². The first-order chi connectivity index (χ1) is 9.45. The van der Waals surface area contributed by atoms with Gasteiger partial charge in [0.1, 0.15) is 12.6 Å². The van der Waals surface area contributed by atoms with Crippen LogP contribution in [-0.4, -0.2) is 36.1 Å². The van der Waals surface area contributed by atoms with E-state index in [1.807, 2.05) is 0 Å². The number of benzene rings is 1. The van der Waals surface area contributed by atoms with Crippen LogP contribution in [-0.2, 0) is 9.59 Å². The van der Waals surface area contributed by atoms with Gasteiger partial charge >= 0.3 is 5.97 Å². The van der Waals surface area contributed by atoms with E-state index in [0.717, 1.165) is 0 Å². The monoisotopic (exact) mass is 294 g/mol. The first-order valence-electron chi connectivity index (χ1n) is 5.91. The van der Waals surface area contributed by atoms with Crippen LogP contribution in [0, 0.1) is 12.3 Å². The number of terminal acetylenes is 1. The number of carboxylic acid groups (broad SMARTS) is 1. The Labute approximate surface area is 122 Å². The number of nitrogens with one attached hydrogen (secondary N) is 1. The Hall–Kier alpha value is -2.19. The molecule has 0 aromatic heterocycles. The third kappa shape index (κ3) is 4.48. The van der Waals surface area contributed by atoms with Gasteiger partial charge in [0.25, 0.3) is 0 Å². The van der Waals surface area contributed by atoms with E-state index in [1.165, 1.54) is 4.90 Å². The lowest BCUT2D eigenvalue weighted by Gasteiger charge is -2.28. The number of carboxylic acids is 1. The lowest BCUT2D eigenvalue weighted by atomic mass is 10.2. The molecule has 0 spiro atoms. The number of nitrogens with zero attached hydrogens (tertiary/aromatic N) is 1. The van der Waals surface area contributed by atoms with E-state index in [9.17, 15) is 9.59 Å². The van der Waals surface area contributed by atoms with Crippen LogP contribution in [0.15, 0.2) is 24.3 Å². The molecule has 0 radical (unpaired) electrons. The number of hydrogen-bond donors (Lipinski definition) is 2.